The van der Waals surface area contributed by atoms with Gasteiger partial charge in [0.2, 0.25) is 0 Å². The number of hydrogen-bond donors (Lipinski definition) is 1. The standard InChI is InChI=1S/C18H13N3O2/c19-17-16-14(13-6-1-2-7-15(13)23-18(16)22)8-10-21(17)11-12-5-3-4-9-20-12/h1-10,19H,11H2. The molecule has 0 unspecified atom stereocenters. The van der Waals surface area contributed by atoms with Crippen molar-refractivity contribution in [3.8, 4) is 0 Å². The van der Waals surface area contributed by atoms with Gasteiger partial charge in [0.25, 0.3) is 0 Å². The molecule has 0 aliphatic heterocycles. The van der Waals surface area contributed by atoms with Crippen molar-refractivity contribution in [3.63, 3.8) is 0 Å². The molecule has 0 amide bonds. The minimum Gasteiger partial charge on any atom is -0.422 e. The van der Waals surface area contributed by atoms with Gasteiger partial charge < -0.3 is 8.98 Å². The highest BCUT2D eigenvalue weighted by Gasteiger charge is 2.10. The lowest BCUT2D eigenvalue weighted by Gasteiger charge is -2.09. The number of hydrogen-bond acceptors (Lipinski definition) is 4. The number of nitrogens with zero attached hydrogens (tertiary/aromatic N) is 2. The Kier molecular flexibility index (Phi) is 3.05. The van der Waals surface area contributed by atoms with Crippen LogP contribution in [0.1, 0.15) is 5.69 Å². The third-order valence-electron chi connectivity index (χ3n) is 3.86. The fourth-order valence-electron chi connectivity index (χ4n) is 2.75. The SMILES string of the molecule is N=c1c2c(=O)oc3ccccc3c2ccn1Cc1ccccn1. The second-order valence-corrected chi connectivity index (χ2v) is 5.29. The highest BCUT2D eigenvalue weighted by Crippen LogP contribution is 2.20. The Labute approximate surface area is 131 Å². The lowest BCUT2D eigenvalue weighted by molar-refractivity contribution is 0.567. The smallest absolute Gasteiger partial charge is 0.347 e. The average molecular weight is 303 g/mol. The molecule has 4 rings (SSSR count). The third-order valence-corrected chi connectivity index (χ3v) is 3.86. The monoisotopic (exact) mass is 303 g/mol. The Morgan fingerprint density at radius 2 is 1.87 bits per heavy atom. The minimum atomic E-state index is -0.487. The van der Waals surface area contributed by atoms with Crippen molar-refractivity contribution < 1.29 is 4.42 Å². The maximum Gasteiger partial charge on any atom is 0.347 e. The summed E-state index contributed by atoms with van der Waals surface area (Å²) in [4.78, 5) is 16.6. The van der Waals surface area contributed by atoms with Gasteiger partial charge in [0.15, 0.2) is 0 Å². The zero-order chi connectivity index (χ0) is 15.8. The van der Waals surface area contributed by atoms with E-state index in [4.69, 9.17) is 9.83 Å². The van der Waals surface area contributed by atoms with E-state index in [0.717, 1.165) is 16.5 Å². The quantitative estimate of drug-likeness (QED) is 0.457. The Hall–Kier alpha value is -3.21. The molecule has 4 aromatic rings. The molecule has 0 spiro atoms. The summed E-state index contributed by atoms with van der Waals surface area (Å²) < 4.78 is 7.05. The molecule has 23 heavy (non-hydrogen) atoms. The Balaban J connectivity index is 1.99. The van der Waals surface area contributed by atoms with Gasteiger partial charge in [-0.2, -0.15) is 0 Å². The molecule has 0 bridgehead atoms. The van der Waals surface area contributed by atoms with E-state index in [0.29, 0.717) is 17.5 Å². The summed E-state index contributed by atoms with van der Waals surface area (Å²) in [5.41, 5.74) is 1.01. The molecular weight excluding hydrogens is 290 g/mol. The van der Waals surface area contributed by atoms with Crippen LogP contribution in [0, 0.1) is 5.41 Å². The molecule has 112 valence electrons. The van der Waals surface area contributed by atoms with Gasteiger partial charge in [0.05, 0.1) is 12.2 Å². The summed E-state index contributed by atoms with van der Waals surface area (Å²) in [6.45, 7) is 0.432. The molecule has 0 atom stereocenters. The second kappa shape index (κ2) is 5.21. The largest absolute Gasteiger partial charge is 0.422 e. The van der Waals surface area contributed by atoms with Crippen LogP contribution in [0.15, 0.2) is 70.1 Å². The first kappa shape index (κ1) is 13.5. The fraction of sp³-hybridized carbons (Fsp3) is 0.0556. The number of nitrogens with one attached hydrogen (secondary N) is 1. The molecule has 0 saturated carbocycles. The summed E-state index contributed by atoms with van der Waals surface area (Å²) in [6, 6.07) is 14.8. The van der Waals surface area contributed by atoms with E-state index in [-0.39, 0.29) is 5.49 Å². The number of fused-ring (bicyclic) bond motifs is 3. The highest BCUT2D eigenvalue weighted by molar-refractivity contribution is 6.03. The zero-order valence-corrected chi connectivity index (χ0v) is 12.2. The summed E-state index contributed by atoms with van der Waals surface area (Å²) in [6.07, 6.45) is 3.52. The van der Waals surface area contributed by atoms with Crippen LogP contribution in [0.4, 0.5) is 0 Å². The van der Waals surface area contributed by atoms with Crippen LogP contribution >= 0.6 is 0 Å². The fourth-order valence-corrected chi connectivity index (χ4v) is 2.75. The normalized spacial score (nSPS) is 11.1. The van der Waals surface area contributed by atoms with Crippen LogP contribution < -0.4 is 11.1 Å². The van der Waals surface area contributed by atoms with E-state index < -0.39 is 5.63 Å². The predicted octanol–water partition coefficient (Wildman–Crippen LogP) is 2.67. The number of para-hydroxylation sites is 1. The Morgan fingerprint density at radius 3 is 2.70 bits per heavy atom. The van der Waals surface area contributed by atoms with Gasteiger partial charge in [0, 0.05) is 23.2 Å². The molecule has 0 aliphatic carbocycles. The Bertz CT molecular complexity index is 1130. The van der Waals surface area contributed by atoms with Gasteiger partial charge >= 0.3 is 5.63 Å². The maximum absolute atomic E-state index is 12.3. The van der Waals surface area contributed by atoms with Crippen molar-refractivity contribution in [1.82, 2.24) is 9.55 Å². The van der Waals surface area contributed by atoms with Crippen LogP contribution in [-0.4, -0.2) is 9.55 Å². The zero-order valence-electron chi connectivity index (χ0n) is 12.2. The van der Waals surface area contributed by atoms with Gasteiger partial charge in [-0.25, -0.2) is 4.79 Å². The van der Waals surface area contributed by atoms with E-state index in [2.05, 4.69) is 4.98 Å². The van der Waals surface area contributed by atoms with Crippen molar-refractivity contribution in [3.05, 3.63) is 82.5 Å². The van der Waals surface area contributed by atoms with Crippen LogP contribution in [0.2, 0.25) is 0 Å². The van der Waals surface area contributed by atoms with Crippen molar-refractivity contribution in [2.24, 2.45) is 0 Å². The van der Waals surface area contributed by atoms with Crippen LogP contribution in [0.25, 0.3) is 21.7 Å². The number of pyridine rings is 2. The number of benzene rings is 1. The van der Waals surface area contributed by atoms with E-state index in [1.165, 1.54) is 0 Å². The Morgan fingerprint density at radius 1 is 1.04 bits per heavy atom. The van der Waals surface area contributed by atoms with Crippen molar-refractivity contribution in [2.75, 3.05) is 0 Å². The van der Waals surface area contributed by atoms with Crippen molar-refractivity contribution >= 4 is 21.7 Å². The second-order valence-electron chi connectivity index (χ2n) is 5.29. The first-order valence-electron chi connectivity index (χ1n) is 7.23. The van der Waals surface area contributed by atoms with E-state index in [1.54, 1.807) is 16.8 Å². The van der Waals surface area contributed by atoms with Gasteiger partial charge in [0.1, 0.15) is 16.5 Å². The maximum atomic E-state index is 12.3. The first-order valence-corrected chi connectivity index (χ1v) is 7.23. The first-order chi connectivity index (χ1) is 11.2. The van der Waals surface area contributed by atoms with E-state index in [1.807, 2.05) is 48.7 Å². The summed E-state index contributed by atoms with van der Waals surface area (Å²) in [7, 11) is 0. The summed E-state index contributed by atoms with van der Waals surface area (Å²) in [5, 5.41) is 10.2. The highest BCUT2D eigenvalue weighted by atomic mass is 16.4. The van der Waals surface area contributed by atoms with Gasteiger partial charge in [-0.3, -0.25) is 10.4 Å². The molecule has 3 heterocycles. The van der Waals surface area contributed by atoms with E-state index >= 15 is 0 Å². The average Bonchev–Trinajstić information content (AvgIpc) is 2.58. The topological polar surface area (TPSA) is 71.9 Å². The molecular formula is C18H13N3O2. The van der Waals surface area contributed by atoms with Crippen LogP contribution in [-0.2, 0) is 6.54 Å². The summed E-state index contributed by atoms with van der Waals surface area (Å²) >= 11 is 0. The minimum absolute atomic E-state index is 0.132. The molecule has 5 heteroatoms. The predicted molar refractivity (Wildman–Crippen MR) is 87.2 cm³/mol. The van der Waals surface area contributed by atoms with Crippen LogP contribution in [0.5, 0.6) is 0 Å². The number of rotatable bonds is 2. The lowest BCUT2D eigenvalue weighted by atomic mass is 10.1. The van der Waals surface area contributed by atoms with Crippen molar-refractivity contribution in [1.29, 1.82) is 5.41 Å². The number of aromatic nitrogens is 2. The molecule has 1 N–H and O–H groups in total. The van der Waals surface area contributed by atoms with Gasteiger partial charge in [-0.15, -0.1) is 0 Å². The molecule has 0 saturated heterocycles. The molecule has 0 fully saturated rings. The molecule has 1 aromatic carbocycles. The van der Waals surface area contributed by atoms with E-state index in [9.17, 15) is 4.79 Å². The molecule has 0 aliphatic rings. The lowest BCUT2D eigenvalue weighted by Crippen LogP contribution is -2.25. The third kappa shape index (κ3) is 2.23. The molecule has 0 radical (unpaired) electrons. The van der Waals surface area contributed by atoms with Gasteiger partial charge in [-0.1, -0.05) is 24.3 Å². The van der Waals surface area contributed by atoms with Crippen LogP contribution in [0.3, 0.4) is 0 Å². The van der Waals surface area contributed by atoms with Crippen molar-refractivity contribution in [2.45, 2.75) is 6.54 Å². The van der Waals surface area contributed by atoms with Gasteiger partial charge in [-0.05, 0) is 24.3 Å². The molecule has 3 aromatic heterocycles. The molecule has 5 nitrogen and oxygen atoms in total. The summed E-state index contributed by atoms with van der Waals surface area (Å²) in [5.74, 6) is 0.